The van der Waals surface area contributed by atoms with Crippen molar-refractivity contribution < 1.29 is 28.5 Å². The fourth-order valence-electron chi connectivity index (χ4n) is 8.54. The quantitative estimate of drug-likeness (QED) is 0.245. The lowest BCUT2D eigenvalue weighted by Crippen LogP contribution is -2.67. The molecule has 2 aromatic carbocycles. The number of aromatic nitrogens is 3. The topological polar surface area (TPSA) is 116 Å². The number of nitrogens with zero attached hydrogens (tertiary/aromatic N) is 5. The van der Waals surface area contributed by atoms with Gasteiger partial charge in [-0.25, -0.2) is 8.78 Å². The number of aliphatic hydroxyl groups is 1. The molecule has 3 aliphatic heterocycles. The first-order valence-electron chi connectivity index (χ1n) is 17.2. The largest absolute Gasteiger partial charge is 0.508 e. The van der Waals surface area contributed by atoms with Gasteiger partial charge in [0.1, 0.15) is 34.2 Å². The fourth-order valence-corrected chi connectivity index (χ4v) is 8.54. The number of anilines is 1. The van der Waals surface area contributed by atoms with Gasteiger partial charge in [-0.15, -0.1) is 6.42 Å². The van der Waals surface area contributed by atoms with Crippen molar-refractivity contribution >= 4 is 27.5 Å². The van der Waals surface area contributed by atoms with E-state index in [0.29, 0.717) is 69.1 Å². The second kappa shape index (κ2) is 12.6. The Kier molecular flexibility index (Phi) is 8.27. The van der Waals surface area contributed by atoms with Crippen molar-refractivity contribution in [2.24, 2.45) is 5.41 Å². The Balaban J connectivity index is 1.20. The summed E-state index contributed by atoms with van der Waals surface area (Å²) in [6.45, 7) is 5.47. The molecule has 2 atom stereocenters. The van der Waals surface area contributed by atoms with E-state index in [4.69, 9.17) is 20.9 Å². The number of hydrogen-bond donors (Lipinski definition) is 3. The number of β-amino-alcohol motifs (C(OH)–C–C–N with tert-alkyl or cyclic N) is 1. The first-order chi connectivity index (χ1) is 23.8. The molecule has 0 spiro atoms. The van der Waals surface area contributed by atoms with Crippen LogP contribution < -0.4 is 15.0 Å². The van der Waals surface area contributed by atoms with Crippen LogP contribution in [0.1, 0.15) is 44.1 Å². The van der Waals surface area contributed by atoms with Crippen LogP contribution in [0.4, 0.5) is 14.6 Å². The molecule has 1 aliphatic carbocycles. The number of rotatable bonds is 7. The Morgan fingerprint density at radius 2 is 1.94 bits per heavy atom. The van der Waals surface area contributed by atoms with Gasteiger partial charge in [-0.1, -0.05) is 18.4 Å². The SMILES string of the molecule is C#Cc1c(F)ccc2cc(O)cc(-c3ncc4c(N5CCCOCC5)nc(OC[C@]56CCC[C@H]5N(CC5(O)CNC5)CCC6)nc4c3F)c12. The maximum Gasteiger partial charge on any atom is 0.319 e. The molecular formula is C37H40F2N6O4. The van der Waals surface area contributed by atoms with Crippen molar-refractivity contribution in [3.8, 4) is 35.4 Å². The zero-order chi connectivity index (χ0) is 33.8. The van der Waals surface area contributed by atoms with Gasteiger partial charge in [-0.05, 0) is 62.2 Å². The van der Waals surface area contributed by atoms with Gasteiger partial charge in [0.15, 0.2) is 5.82 Å². The summed E-state index contributed by atoms with van der Waals surface area (Å²) in [6, 6.07) is 5.86. The summed E-state index contributed by atoms with van der Waals surface area (Å²) in [5.74, 6) is 1.38. The molecule has 0 radical (unpaired) electrons. The van der Waals surface area contributed by atoms with Gasteiger partial charge < -0.3 is 29.9 Å². The summed E-state index contributed by atoms with van der Waals surface area (Å²) in [4.78, 5) is 18.5. The van der Waals surface area contributed by atoms with Crippen LogP contribution in [0, 0.1) is 29.4 Å². The molecule has 3 N–H and O–H groups in total. The molecule has 4 aliphatic rings. The third-order valence-corrected chi connectivity index (χ3v) is 10.9. The van der Waals surface area contributed by atoms with Crippen molar-refractivity contribution in [2.45, 2.75) is 50.2 Å². The molecule has 49 heavy (non-hydrogen) atoms. The first kappa shape index (κ1) is 32.1. The average molecular weight is 671 g/mol. The van der Waals surface area contributed by atoms with E-state index in [1.165, 1.54) is 30.5 Å². The molecule has 2 aromatic heterocycles. The highest BCUT2D eigenvalue weighted by Gasteiger charge is 2.50. The lowest BCUT2D eigenvalue weighted by molar-refractivity contribution is -0.0783. The van der Waals surface area contributed by atoms with E-state index in [1.54, 1.807) is 0 Å². The number of hydrogen-bond acceptors (Lipinski definition) is 10. The zero-order valence-electron chi connectivity index (χ0n) is 27.4. The first-order valence-corrected chi connectivity index (χ1v) is 17.2. The minimum absolute atomic E-state index is 0.00997. The number of pyridine rings is 1. The van der Waals surface area contributed by atoms with E-state index >= 15 is 4.39 Å². The van der Waals surface area contributed by atoms with Gasteiger partial charge in [0.05, 0.1) is 24.2 Å². The number of ether oxygens (including phenoxy) is 2. The Morgan fingerprint density at radius 1 is 1.08 bits per heavy atom. The average Bonchev–Trinajstić information content (AvgIpc) is 3.34. The minimum Gasteiger partial charge on any atom is -0.508 e. The zero-order valence-corrected chi connectivity index (χ0v) is 27.4. The Morgan fingerprint density at radius 3 is 2.76 bits per heavy atom. The maximum absolute atomic E-state index is 16.9. The highest BCUT2D eigenvalue weighted by Crippen LogP contribution is 2.48. The Hall–Kier alpha value is -4.15. The van der Waals surface area contributed by atoms with Crippen LogP contribution in [-0.2, 0) is 4.74 Å². The van der Waals surface area contributed by atoms with Crippen LogP contribution in [0.15, 0.2) is 30.5 Å². The predicted octanol–water partition coefficient (Wildman–Crippen LogP) is 4.38. The number of phenolic OH excluding ortho intramolecular Hbond substituents is 1. The molecule has 5 heterocycles. The third kappa shape index (κ3) is 5.72. The van der Waals surface area contributed by atoms with E-state index < -0.39 is 17.2 Å². The normalized spacial score (nSPS) is 24.0. The number of fused-ring (bicyclic) bond motifs is 3. The molecule has 12 heteroatoms. The van der Waals surface area contributed by atoms with Crippen LogP contribution in [0.2, 0.25) is 0 Å². The standard InChI is InChI=1S/C37H40F2N6O4/c1-2-25-28(38)8-7-23-16-24(46)17-26(30(23)25)32-31(39)33-27(18-41-32)34(44-12-5-14-48-15-13-44)43-35(42-33)49-22-36-9-3-6-29(36)45(11-4-10-36)21-37(47)19-40-20-37/h1,7-8,16-18,29,40,46-47H,3-6,9-15,19-22H2/t29-,36-/m1/s1. The predicted molar refractivity (Wildman–Crippen MR) is 182 cm³/mol. The minimum atomic E-state index is -0.751. The fraction of sp³-hybridized carbons (Fsp3) is 0.486. The van der Waals surface area contributed by atoms with E-state index in [1.807, 2.05) is 4.90 Å². The van der Waals surface area contributed by atoms with Crippen LogP contribution >= 0.6 is 0 Å². The monoisotopic (exact) mass is 670 g/mol. The maximum atomic E-state index is 16.9. The summed E-state index contributed by atoms with van der Waals surface area (Å²) in [5.41, 5.74) is -0.818. The van der Waals surface area contributed by atoms with E-state index in [-0.39, 0.29) is 50.9 Å². The molecule has 256 valence electrons. The highest BCUT2D eigenvalue weighted by molar-refractivity contribution is 6.03. The summed E-state index contributed by atoms with van der Waals surface area (Å²) >= 11 is 0. The van der Waals surface area contributed by atoms with E-state index in [0.717, 1.165) is 45.1 Å². The van der Waals surface area contributed by atoms with E-state index in [9.17, 15) is 14.6 Å². The second-order valence-corrected chi connectivity index (χ2v) is 14.1. The molecule has 10 nitrogen and oxygen atoms in total. The van der Waals surface area contributed by atoms with E-state index in [2.05, 4.69) is 26.1 Å². The van der Waals surface area contributed by atoms with Gasteiger partial charge in [-0.2, -0.15) is 9.97 Å². The van der Waals surface area contributed by atoms with Gasteiger partial charge >= 0.3 is 6.01 Å². The van der Waals surface area contributed by atoms with Crippen molar-refractivity contribution in [3.05, 3.63) is 47.7 Å². The molecular weight excluding hydrogens is 630 g/mol. The second-order valence-electron chi connectivity index (χ2n) is 14.1. The van der Waals surface area contributed by atoms with Crippen LogP contribution in [0.3, 0.4) is 0 Å². The number of phenols is 1. The van der Waals surface area contributed by atoms with Crippen molar-refractivity contribution in [3.63, 3.8) is 0 Å². The molecule has 4 aromatic rings. The Bertz CT molecular complexity index is 1960. The number of halogens is 2. The van der Waals surface area contributed by atoms with Crippen molar-refractivity contribution in [1.29, 1.82) is 0 Å². The lowest BCUT2D eigenvalue weighted by Gasteiger charge is -2.50. The highest BCUT2D eigenvalue weighted by atomic mass is 19.1. The van der Waals surface area contributed by atoms with Gasteiger partial charge in [0.2, 0.25) is 0 Å². The summed E-state index contributed by atoms with van der Waals surface area (Å²) in [6.07, 6.45) is 13.1. The van der Waals surface area contributed by atoms with Crippen LogP contribution in [0.25, 0.3) is 32.9 Å². The number of nitrogens with one attached hydrogen (secondary N) is 1. The van der Waals surface area contributed by atoms with Crippen molar-refractivity contribution in [2.75, 3.05) is 64.0 Å². The number of terminal acetylenes is 1. The van der Waals surface area contributed by atoms with Gasteiger partial charge in [-0.3, -0.25) is 9.88 Å². The lowest BCUT2D eigenvalue weighted by atomic mass is 9.75. The molecule has 3 saturated heterocycles. The third-order valence-electron chi connectivity index (χ3n) is 10.9. The smallest absolute Gasteiger partial charge is 0.319 e. The Labute approximate surface area is 283 Å². The van der Waals surface area contributed by atoms with Crippen molar-refractivity contribution in [1.82, 2.24) is 25.2 Å². The molecule has 0 unspecified atom stereocenters. The molecule has 8 rings (SSSR count). The van der Waals surface area contributed by atoms with Gasteiger partial charge in [0, 0.05) is 67.9 Å². The van der Waals surface area contributed by atoms with Gasteiger partial charge in [0.25, 0.3) is 0 Å². The number of piperidine rings is 1. The summed E-state index contributed by atoms with van der Waals surface area (Å²) in [7, 11) is 0. The molecule has 0 amide bonds. The van der Waals surface area contributed by atoms with Crippen LogP contribution in [0.5, 0.6) is 11.8 Å². The summed E-state index contributed by atoms with van der Waals surface area (Å²) in [5, 5.41) is 25.9. The summed E-state index contributed by atoms with van der Waals surface area (Å²) < 4.78 is 44.0. The molecule has 1 saturated carbocycles. The number of likely N-dealkylation sites (tertiary alicyclic amines) is 1. The van der Waals surface area contributed by atoms with Crippen LogP contribution in [-0.4, -0.2) is 101 Å². The molecule has 4 fully saturated rings. The number of aromatic hydroxyl groups is 1. The number of benzene rings is 2. The molecule has 0 bridgehead atoms.